The molecule has 1 aromatic rings. The van der Waals surface area contributed by atoms with E-state index in [1.807, 2.05) is 12.1 Å². The second kappa shape index (κ2) is 4.84. The van der Waals surface area contributed by atoms with E-state index in [0.29, 0.717) is 5.56 Å². The van der Waals surface area contributed by atoms with Crippen molar-refractivity contribution in [3.8, 4) is 0 Å². The highest BCUT2D eigenvalue weighted by molar-refractivity contribution is 6.13. The van der Waals surface area contributed by atoms with E-state index in [0.717, 1.165) is 11.1 Å². The number of carboxylic acids is 1. The van der Waals surface area contributed by atoms with Crippen molar-refractivity contribution in [1.29, 1.82) is 0 Å². The molecule has 0 aliphatic carbocycles. The molecule has 0 aromatic heterocycles. The average molecular weight is 259 g/mol. The number of carbonyl (C=O) groups is 1. The molecule has 1 rings (SSSR count). The molecule has 0 amide bonds. The summed E-state index contributed by atoms with van der Waals surface area (Å²) in [7, 11) is 0. The van der Waals surface area contributed by atoms with Gasteiger partial charge < -0.3 is 9.90 Å². The number of aliphatic carboxylic acids is 1. The Balaban J connectivity index is 3.50. The zero-order chi connectivity index (χ0) is 15.0. The van der Waals surface area contributed by atoms with Crippen LogP contribution in [0.25, 0.3) is 5.57 Å². The first kappa shape index (κ1) is 15.5. The summed E-state index contributed by atoms with van der Waals surface area (Å²) in [5.41, 5.74) is 2.81. The second-order valence-electron chi connectivity index (χ2n) is 7.07. The Hall–Kier alpha value is -1.57. The number of benzene rings is 1. The topological polar surface area (TPSA) is 40.1 Å². The summed E-state index contributed by atoms with van der Waals surface area (Å²) in [4.78, 5) is 11.0. The van der Waals surface area contributed by atoms with Gasteiger partial charge in [0.2, 0.25) is 0 Å². The normalized spacial score (nSPS) is 12.3. The van der Waals surface area contributed by atoms with Crippen molar-refractivity contribution in [2.75, 3.05) is 0 Å². The number of hydrogen-bond donors (Lipinski definition) is 0. The summed E-state index contributed by atoms with van der Waals surface area (Å²) in [6, 6.07) is 5.94. The second-order valence-corrected chi connectivity index (χ2v) is 7.07. The third-order valence-corrected chi connectivity index (χ3v) is 3.26. The zero-order valence-corrected chi connectivity index (χ0v) is 12.8. The van der Waals surface area contributed by atoms with Gasteiger partial charge in [-0.15, -0.1) is 0 Å². The van der Waals surface area contributed by atoms with Gasteiger partial charge in [0.1, 0.15) is 0 Å². The Labute approximate surface area is 116 Å². The van der Waals surface area contributed by atoms with E-state index in [9.17, 15) is 9.90 Å². The lowest BCUT2D eigenvalue weighted by molar-refractivity contribution is -0.295. The van der Waals surface area contributed by atoms with E-state index in [-0.39, 0.29) is 16.4 Å². The van der Waals surface area contributed by atoms with Gasteiger partial charge in [0.05, 0.1) is 5.97 Å². The van der Waals surface area contributed by atoms with Gasteiger partial charge in [0.25, 0.3) is 0 Å². The fraction of sp³-hybridized carbons (Fsp3) is 0.471. The predicted octanol–water partition coefficient (Wildman–Crippen LogP) is 3.04. The van der Waals surface area contributed by atoms with Crippen LogP contribution in [0.3, 0.4) is 0 Å². The quantitative estimate of drug-likeness (QED) is 0.766. The maximum absolute atomic E-state index is 11.0. The molecule has 0 N–H and O–H groups in total. The lowest BCUT2D eigenvalue weighted by Gasteiger charge is -2.26. The molecule has 1 aromatic carbocycles. The molecule has 0 spiro atoms. The molecule has 0 unspecified atom stereocenters. The summed E-state index contributed by atoms with van der Waals surface area (Å²) in [5, 5.41) is 11.0. The molecule has 0 heterocycles. The minimum Gasteiger partial charge on any atom is -0.545 e. The molecular weight excluding hydrogens is 236 g/mol. The molecule has 0 fully saturated rings. The molecule has 0 bridgehead atoms. The lowest BCUT2D eigenvalue weighted by Crippen LogP contribution is -2.24. The molecular formula is C17H23O2-. The van der Waals surface area contributed by atoms with Crippen LogP contribution in [0.1, 0.15) is 58.2 Å². The van der Waals surface area contributed by atoms with E-state index in [1.54, 1.807) is 0 Å². The summed E-state index contributed by atoms with van der Waals surface area (Å²) >= 11 is 0. The van der Waals surface area contributed by atoms with Gasteiger partial charge in [0, 0.05) is 0 Å². The van der Waals surface area contributed by atoms with Crippen LogP contribution in [0.5, 0.6) is 0 Å². The van der Waals surface area contributed by atoms with Crippen molar-refractivity contribution < 1.29 is 9.90 Å². The Bertz CT molecular complexity index is 479. The van der Waals surface area contributed by atoms with E-state index in [4.69, 9.17) is 0 Å². The van der Waals surface area contributed by atoms with E-state index in [2.05, 4.69) is 54.2 Å². The fourth-order valence-corrected chi connectivity index (χ4v) is 1.79. The Morgan fingerprint density at radius 3 is 1.58 bits per heavy atom. The van der Waals surface area contributed by atoms with Crippen LogP contribution in [0.15, 0.2) is 24.8 Å². The molecule has 0 aliphatic heterocycles. The third-order valence-electron chi connectivity index (χ3n) is 3.26. The summed E-state index contributed by atoms with van der Waals surface area (Å²) in [6.45, 7) is 16.3. The van der Waals surface area contributed by atoms with Crippen molar-refractivity contribution in [1.82, 2.24) is 0 Å². The minimum atomic E-state index is -1.22. The molecule has 19 heavy (non-hydrogen) atoms. The van der Waals surface area contributed by atoms with Crippen LogP contribution in [-0.4, -0.2) is 5.97 Å². The molecule has 0 radical (unpaired) electrons. The molecule has 2 nitrogen and oxygen atoms in total. The van der Waals surface area contributed by atoms with Crippen molar-refractivity contribution in [2.24, 2.45) is 0 Å². The molecule has 0 atom stereocenters. The van der Waals surface area contributed by atoms with Crippen LogP contribution < -0.4 is 5.11 Å². The molecule has 0 aliphatic rings. The largest absolute Gasteiger partial charge is 0.545 e. The fourth-order valence-electron chi connectivity index (χ4n) is 1.79. The summed E-state index contributed by atoms with van der Waals surface area (Å²) in [5.74, 6) is -1.22. The summed E-state index contributed by atoms with van der Waals surface area (Å²) < 4.78 is 0. The molecule has 0 saturated carbocycles. The Morgan fingerprint density at radius 2 is 1.32 bits per heavy atom. The van der Waals surface area contributed by atoms with Crippen molar-refractivity contribution in [3.63, 3.8) is 0 Å². The number of hydrogen-bond acceptors (Lipinski definition) is 2. The van der Waals surface area contributed by atoms with Gasteiger partial charge in [-0.3, -0.25) is 0 Å². The standard InChI is InChI=1S/C17H24O2/c1-11(15(18)19)12-8-13(16(2,3)4)10-14(9-12)17(5,6)7/h8-10H,1H2,2-7H3,(H,18,19)/p-1. The van der Waals surface area contributed by atoms with E-state index < -0.39 is 5.97 Å². The van der Waals surface area contributed by atoms with Gasteiger partial charge in [-0.05, 0) is 33.1 Å². The lowest BCUT2D eigenvalue weighted by atomic mass is 9.79. The molecule has 104 valence electrons. The van der Waals surface area contributed by atoms with Crippen molar-refractivity contribution in [2.45, 2.75) is 52.4 Å². The van der Waals surface area contributed by atoms with Crippen LogP contribution >= 0.6 is 0 Å². The molecule has 2 heteroatoms. The maximum atomic E-state index is 11.0. The zero-order valence-electron chi connectivity index (χ0n) is 12.8. The highest BCUT2D eigenvalue weighted by Crippen LogP contribution is 2.31. The molecule has 0 saturated heterocycles. The van der Waals surface area contributed by atoms with Crippen molar-refractivity contribution in [3.05, 3.63) is 41.5 Å². The Kier molecular flexibility index (Phi) is 3.94. The first-order valence-corrected chi connectivity index (χ1v) is 6.49. The highest BCUT2D eigenvalue weighted by Gasteiger charge is 2.21. The SMILES string of the molecule is C=C(C(=O)[O-])c1cc(C(C)(C)C)cc(C(C)(C)C)c1. The smallest absolute Gasteiger partial charge is 0.0715 e. The number of rotatable bonds is 2. The van der Waals surface area contributed by atoms with Gasteiger partial charge in [-0.2, -0.15) is 0 Å². The van der Waals surface area contributed by atoms with Gasteiger partial charge in [-0.1, -0.05) is 66.3 Å². The van der Waals surface area contributed by atoms with Crippen LogP contribution in [0.2, 0.25) is 0 Å². The minimum absolute atomic E-state index is 0.0385. The van der Waals surface area contributed by atoms with Crippen molar-refractivity contribution >= 4 is 11.5 Å². The average Bonchev–Trinajstić information content (AvgIpc) is 2.24. The third kappa shape index (κ3) is 3.69. The van der Waals surface area contributed by atoms with Gasteiger partial charge in [0.15, 0.2) is 0 Å². The van der Waals surface area contributed by atoms with Crippen LogP contribution in [-0.2, 0) is 15.6 Å². The van der Waals surface area contributed by atoms with E-state index in [1.165, 1.54) is 0 Å². The first-order valence-electron chi connectivity index (χ1n) is 6.49. The van der Waals surface area contributed by atoms with Gasteiger partial charge >= 0.3 is 0 Å². The monoisotopic (exact) mass is 259 g/mol. The van der Waals surface area contributed by atoms with Crippen LogP contribution in [0.4, 0.5) is 0 Å². The Morgan fingerprint density at radius 1 is 0.947 bits per heavy atom. The van der Waals surface area contributed by atoms with Gasteiger partial charge in [-0.25, -0.2) is 0 Å². The van der Waals surface area contributed by atoms with Crippen LogP contribution in [0, 0.1) is 0 Å². The number of carboxylic acid groups (broad SMARTS) is 1. The highest BCUT2D eigenvalue weighted by atomic mass is 16.4. The first-order chi connectivity index (χ1) is 8.43. The number of carbonyl (C=O) groups excluding carboxylic acids is 1. The maximum Gasteiger partial charge on any atom is 0.0715 e. The van der Waals surface area contributed by atoms with E-state index >= 15 is 0 Å². The summed E-state index contributed by atoms with van der Waals surface area (Å²) in [6.07, 6.45) is 0. The predicted molar refractivity (Wildman–Crippen MR) is 77.9 cm³/mol.